The van der Waals surface area contributed by atoms with Gasteiger partial charge in [-0.15, -0.1) is 0 Å². The maximum atomic E-state index is 9.85. The van der Waals surface area contributed by atoms with Gasteiger partial charge in [0.1, 0.15) is 6.07 Å². The molecule has 2 N–H and O–H groups in total. The van der Waals surface area contributed by atoms with Crippen molar-refractivity contribution in [1.29, 1.82) is 5.26 Å². The molecule has 1 unspecified atom stereocenters. The van der Waals surface area contributed by atoms with Crippen LogP contribution in [-0.4, -0.2) is 43.7 Å². The predicted molar refractivity (Wildman–Crippen MR) is 149 cm³/mol. The van der Waals surface area contributed by atoms with E-state index in [0.29, 0.717) is 11.5 Å². The van der Waals surface area contributed by atoms with E-state index in [1.165, 1.54) is 0 Å². The first-order valence-corrected chi connectivity index (χ1v) is 12.2. The first-order chi connectivity index (χ1) is 17.5. The van der Waals surface area contributed by atoms with E-state index in [4.69, 9.17) is 4.74 Å². The summed E-state index contributed by atoms with van der Waals surface area (Å²) >= 11 is 0. The van der Waals surface area contributed by atoms with Gasteiger partial charge in [-0.05, 0) is 74.3 Å². The molecular weight excluding hydrogens is 446 g/mol. The Morgan fingerprint density at radius 2 is 2.17 bits per heavy atom. The smallest absolute Gasteiger partial charge is 0.103 e. The number of hydrogen-bond donors (Lipinski definition) is 2. The number of allylic oxidation sites excluding steroid dienone is 1. The fourth-order valence-corrected chi connectivity index (χ4v) is 4.35. The summed E-state index contributed by atoms with van der Waals surface area (Å²) in [5.41, 5.74) is 6.87. The summed E-state index contributed by atoms with van der Waals surface area (Å²) in [7, 11) is 4.06. The highest BCUT2D eigenvalue weighted by Gasteiger charge is 2.20. The third-order valence-electron chi connectivity index (χ3n) is 6.22. The molecule has 1 saturated heterocycles. The molecule has 0 amide bonds. The summed E-state index contributed by atoms with van der Waals surface area (Å²) in [6.07, 6.45) is 9.46. The molecule has 6 nitrogen and oxygen atoms in total. The Hall–Kier alpha value is -3.92. The second-order valence-corrected chi connectivity index (χ2v) is 9.39. The van der Waals surface area contributed by atoms with Gasteiger partial charge in [-0.25, -0.2) is 0 Å². The van der Waals surface area contributed by atoms with Crippen LogP contribution in [-0.2, 0) is 11.2 Å². The molecule has 4 rings (SSSR count). The van der Waals surface area contributed by atoms with Crippen LogP contribution in [0, 0.1) is 17.2 Å². The van der Waals surface area contributed by atoms with E-state index in [2.05, 4.69) is 58.0 Å². The van der Waals surface area contributed by atoms with E-state index in [1.54, 1.807) is 12.3 Å². The molecule has 3 aromatic rings. The molecule has 0 radical (unpaired) electrons. The molecule has 1 aliphatic rings. The molecule has 6 heteroatoms. The lowest BCUT2D eigenvalue weighted by Gasteiger charge is -2.18. The maximum Gasteiger partial charge on any atom is 0.103 e. The van der Waals surface area contributed by atoms with E-state index in [1.807, 2.05) is 44.4 Å². The van der Waals surface area contributed by atoms with Crippen LogP contribution in [0.1, 0.15) is 23.1 Å². The van der Waals surface area contributed by atoms with Crippen LogP contribution in [0.15, 0.2) is 73.6 Å². The number of anilines is 3. The Morgan fingerprint density at radius 3 is 2.89 bits per heavy atom. The Bertz CT molecular complexity index is 1330. The van der Waals surface area contributed by atoms with Crippen molar-refractivity contribution in [2.75, 3.05) is 44.5 Å². The Balaban J connectivity index is 1.77. The van der Waals surface area contributed by atoms with E-state index in [-0.39, 0.29) is 0 Å². The standard InChI is InChI=1S/C30H33N5O/c1-5-22-9-6-10-26(15-22)34-30-25(18-31)19-32-29-16-24(14-23-11-13-36-20-23)28(17-27(29)30)33-21(2)8-7-12-35(3)4/h5-10,15-17,19,23,33H,1-2,11-14,20H2,3-4H3,(H,32,34)/b8-7+. The van der Waals surface area contributed by atoms with Crippen LogP contribution >= 0.6 is 0 Å². The number of rotatable bonds is 10. The molecule has 0 aliphatic carbocycles. The second-order valence-electron chi connectivity index (χ2n) is 9.39. The number of benzene rings is 2. The zero-order valence-electron chi connectivity index (χ0n) is 21.1. The van der Waals surface area contributed by atoms with Gasteiger partial charge in [0, 0.05) is 48.4 Å². The van der Waals surface area contributed by atoms with Gasteiger partial charge >= 0.3 is 0 Å². The lowest BCUT2D eigenvalue weighted by atomic mass is 9.95. The number of fused-ring (bicyclic) bond motifs is 1. The van der Waals surface area contributed by atoms with Gasteiger partial charge in [0.15, 0.2) is 0 Å². The number of likely N-dealkylation sites (N-methyl/N-ethyl adjacent to an activating group) is 1. The third kappa shape index (κ3) is 6.19. The summed E-state index contributed by atoms with van der Waals surface area (Å²) in [5.74, 6) is 0.471. The minimum absolute atomic E-state index is 0.471. The molecule has 1 atom stereocenters. The molecule has 2 aromatic carbocycles. The van der Waals surface area contributed by atoms with Crippen molar-refractivity contribution in [2.45, 2.75) is 12.8 Å². The molecule has 0 saturated carbocycles. The lowest BCUT2D eigenvalue weighted by molar-refractivity contribution is 0.186. The molecular formula is C30H33N5O. The van der Waals surface area contributed by atoms with Crippen LogP contribution in [0.3, 0.4) is 0 Å². The Labute approximate surface area is 213 Å². The van der Waals surface area contributed by atoms with E-state index < -0.39 is 0 Å². The number of hydrogen-bond acceptors (Lipinski definition) is 6. The SMILES string of the molecule is C=Cc1cccc(Nc2c(C#N)cnc3cc(CC4CCOC4)c(NC(=C)/C=C/CN(C)C)cc23)c1. The summed E-state index contributed by atoms with van der Waals surface area (Å²) in [5, 5.41) is 17.7. The molecule has 1 aromatic heterocycles. The second kappa shape index (κ2) is 11.7. The first-order valence-electron chi connectivity index (χ1n) is 12.2. The zero-order valence-corrected chi connectivity index (χ0v) is 21.1. The molecule has 36 heavy (non-hydrogen) atoms. The summed E-state index contributed by atoms with van der Waals surface area (Å²) < 4.78 is 5.63. The van der Waals surface area contributed by atoms with Gasteiger partial charge in [-0.1, -0.05) is 37.4 Å². The van der Waals surface area contributed by atoms with Crippen molar-refractivity contribution in [1.82, 2.24) is 9.88 Å². The highest BCUT2D eigenvalue weighted by molar-refractivity contribution is 5.98. The van der Waals surface area contributed by atoms with Crippen LogP contribution in [0.25, 0.3) is 17.0 Å². The van der Waals surface area contributed by atoms with Gasteiger partial charge in [0.05, 0.1) is 16.8 Å². The van der Waals surface area contributed by atoms with Crippen LogP contribution in [0.5, 0.6) is 0 Å². The van der Waals surface area contributed by atoms with E-state index in [9.17, 15) is 5.26 Å². The quantitative estimate of drug-likeness (QED) is 0.342. The fourth-order valence-electron chi connectivity index (χ4n) is 4.35. The molecule has 2 heterocycles. The molecule has 1 aliphatic heterocycles. The molecule has 0 bridgehead atoms. The maximum absolute atomic E-state index is 9.85. The highest BCUT2D eigenvalue weighted by Crippen LogP contribution is 2.35. The van der Waals surface area contributed by atoms with Crippen LogP contribution in [0.4, 0.5) is 17.1 Å². The van der Waals surface area contributed by atoms with Gasteiger partial charge < -0.3 is 20.3 Å². The third-order valence-corrected chi connectivity index (χ3v) is 6.22. The zero-order chi connectivity index (χ0) is 25.5. The normalized spacial score (nSPS) is 15.3. The number of nitriles is 1. The highest BCUT2D eigenvalue weighted by atomic mass is 16.5. The molecule has 0 spiro atoms. The van der Waals surface area contributed by atoms with Crippen molar-refractivity contribution in [3.8, 4) is 6.07 Å². The largest absolute Gasteiger partial charge is 0.381 e. The van der Waals surface area contributed by atoms with Crippen LogP contribution < -0.4 is 10.6 Å². The van der Waals surface area contributed by atoms with Gasteiger partial charge in [-0.3, -0.25) is 4.98 Å². The van der Waals surface area contributed by atoms with E-state index >= 15 is 0 Å². The number of nitrogens with zero attached hydrogens (tertiary/aromatic N) is 3. The monoisotopic (exact) mass is 479 g/mol. The number of pyridine rings is 1. The average Bonchev–Trinajstić information content (AvgIpc) is 3.38. The Kier molecular flexibility index (Phi) is 8.17. The Morgan fingerprint density at radius 1 is 1.31 bits per heavy atom. The van der Waals surface area contributed by atoms with E-state index in [0.717, 1.165) is 77.4 Å². The summed E-state index contributed by atoms with van der Waals surface area (Å²) in [4.78, 5) is 6.73. The minimum Gasteiger partial charge on any atom is -0.381 e. The average molecular weight is 480 g/mol. The number of aromatic nitrogens is 1. The molecule has 184 valence electrons. The number of nitrogens with one attached hydrogen (secondary N) is 2. The van der Waals surface area contributed by atoms with Crippen molar-refractivity contribution in [3.05, 3.63) is 90.3 Å². The van der Waals surface area contributed by atoms with Gasteiger partial charge in [-0.2, -0.15) is 5.26 Å². The predicted octanol–water partition coefficient (Wildman–Crippen LogP) is 6.12. The van der Waals surface area contributed by atoms with Gasteiger partial charge in [0.2, 0.25) is 0 Å². The number of ether oxygens (including phenoxy) is 1. The van der Waals surface area contributed by atoms with Crippen LogP contribution in [0.2, 0.25) is 0 Å². The van der Waals surface area contributed by atoms with Crippen molar-refractivity contribution in [2.24, 2.45) is 5.92 Å². The minimum atomic E-state index is 0.471. The van der Waals surface area contributed by atoms with Crippen molar-refractivity contribution in [3.63, 3.8) is 0 Å². The fraction of sp³-hybridized carbons (Fsp3) is 0.267. The molecule has 1 fully saturated rings. The summed E-state index contributed by atoms with van der Waals surface area (Å²) in [6.45, 7) is 10.5. The lowest BCUT2D eigenvalue weighted by Crippen LogP contribution is -2.11. The summed E-state index contributed by atoms with van der Waals surface area (Å²) in [6, 6.07) is 14.4. The van der Waals surface area contributed by atoms with Crippen molar-refractivity contribution >= 4 is 34.0 Å². The topological polar surface area (TPSA) is 73.2 Å². The van der Waals surface area contributed by atoms with Crippen molar-refractivity contribution < 1.29 is 4.74 Å². The van der Waals surface area contributed by atoms with Gasteiger partial charge in [0.25, 0.3) is 0 Å². The first kappa shape index (κ1) is 25.2.